The van der Waals surface area contributed by atoms with Crippen molar-refractivity contribution in [1.29, 1.82) is 0 Å². The van der Waals surface area contributed by atoms with Gasteiger partial charge in [0.15, 0.2) is 0 Å². The van der Waals surface area contributed by atoms with Crippen LogP contribution in [0.2, 0.25) is 0 Å². The molecule has 1 radical (unpaired) electrons. The van der Waals surface area contributed by atoms with Crippen LogP contribution in [0.25, 0.3) is 0 Å². The number of benzene rings is 3. The Kier molecular flexibility index (Phi) is 25.0. The summed E-state index contributed by atoms with van der Waals surface area (Å²) >= 11 is 0. The summed E-state index contributed by atoms with van der Waals surface area (Å²) in [5.41, 5.74) is -1.25. The van der Waals surface area contributed by atoms with Gasteiger partial charge in [0.2, 0.25) is 0 Å². The van der Waals surface area contributed by atoms with E-state index in [0.29, 0.717) is 12.1 Å². The molecule has 0 aromatic heterocycles. The third-order valence-corrected chi connectivity index (χ3v) is 6.22. The maximum absolute atomic E-state index is 10.8. The number of aromatic carboxylic acids is 6. The first-order chi connectivity index (χ1) is 23.5. The Bertz CT molecular complexity index is 1650. The summed E-state index contributed by atoms with van der Waals surface area (Å²) in [6.45, 7) is 3.44. The molecule has 0 saturated carbocycles. The third-order valence-electron chi connectivity index (χ3n) is 5.39. The van der Waals surface area contributed by atoms with Crippen molar-refractivity contribution < 1.29 is 92.8 Å². The zero-order chi connectivity index (χ0) is 40.1. The minimum absolute atomic E-state index is 0. The molecule has 0 aliphatic carbocycles. The molecule has 0 atom stereocenters. The van der Waals surface area contributed by atoms with Crippen molar-refractivity contribution in [2.45, 2.75) is 18.7 Å². The molecule has 0 amide bonds. The van der Waals surface area contributed by atoms with E-state index in [4.69, 9.17) is 55.6 Å². The van der Waals surface area contributed by atoms with Crippen molar-refractivity contribution in [3.05, 3.63) is 100 Å². The van der Waals surface area contributed by atoms with Crippen LogP contribution >= 0.6 is 0 Å². The summed E-state index contributed by atoms with van der Waals surface area (Å²) in [6.07, 6.45) is 0. The van der Waals surface area contributed by atoms with Crippen molar-refractivity contribution in [3.63, 3.8) is 0 Å². The molecule has 21 heteroatoms. The first kappa shape index (κ1) is 51.6. The van der Waals surface area contributed by atoms with E-state index < -0.39 is 62.0 Å². The quantitative estimate of drug-likeness (QED) is 0.101. The predicted octanol–water partition coefficient (Wildman–Crippen LogP) is 1.08. The third kappa shape index (κ3) is 21.4. The van der Waals surface area contributed by atoms with Gasteiger partial charge in [0.25, 0.3) is 10.1 Å². The summed E-state index contributed by atoms with van der Waals surface area (Å²) in [7, 11) is -4.64. The molecule has 3 rings (SSSR count). The summed E-state index contributed by atoms with van der Waals surface area (Å²) in [5.74, 6) is -7.36. The van der Waals surface area contributed by atoms with Gasteiger partial charge in [-0.25, -0.2) is 28.8 Å². The summed E-state index contributed by atoms with van der Waals surface area (Å²) in [4.78, 5) is 61.8. The number of aliphatic hydroxyl groups excluding tert-OH is 4. The van der Waals surface area contributed by atoms with Crippen LogP contribution < -0.4 is 0 Å². The molecular formula is C31H36NaO19S. The molecule has 0 unspecified atom stereocenters. The molecule has 281 valence electrons. The first-order valence-electron chi connectivity index (χ1n) is 13.6. The Morgan fingerprint density at radius 2 is 0.769 bits per heavy atom. The van der Waals surface area contributed by atoms with Crippen molar-refractivity contribution in [2.24, 2.45) is 5.41 Å². The zero-order valence-corrected chi connectivity index (χ0v) is 30.6. The average Bonchev–Trinajstić information content (AvgIpc) is 3.08. The second kappa shape index (κ2) is 25.2. The van der Waals surface area contributed by atoms with Gasteiger partial charge in [-0.1, -0.05) is 19.9 Å². The summed E-state index contributed by atoms with van der Waals surface area (Å²) < 4.78 is 30.2. The molecular weight excluding hydrogens is 731 g/mol. The maximum atomic E-state index is 10.8. The number of carbonyl (C=O) groups is 6. The van der Waals surface area contributed by atoms with Crippen molar-refractivity contribution >= 4 is 75.5 Å². The smallest absolute Gasteiger partial charge is 0.335 e. The molecule has 0 saturated heterocycles. The Hall–Kier alpha value is -4.77. The maximum Gasteiger partial charge on any atom is 0.335 e. The summed E-state index contributed by atoms with van der Waals surface area (Å²) in [6, 6.07) is 12.4. The van der Waals surface area contributed by atoms with Crippen LogP contribution in [0.4, 0.5) is 0 Å². The molecule has 0 aliphatic heterocycles. The van der Waals surface area contributed by atoms with Gasteiger partial charge in [0.05, 0.1) is 64.7 Å². The van der Waals surface area contributed by atoms with E-state index in [0.717, 1.165) is 12.1 Å². The van der Waals surface area contributed by atoms with Gasteiger partial charge in [0, 0.05) is 35.0 Å². The zero-order valence-electron chi connectivity index (χ0n) is 27.8. The second-order valence-corrected chi connectivity index (χ2v) is 11.6. The van der Waals surface area contributed by atoms with Crippen molar-refractivity contribution in [2.75, 3.05) is 26.4 Å². The van der Waals surface area contributed by atoms with Crippen LogP contribution in [0.5, 0.6) is 0 Å². The minimum Gasteiger partial charge on any atom is -0.478 e. The number of rotatable bonds is 10. The van der Waals surface area contributed by atoms with Gasteiger partial charge in [-0.15, -0.1) is 0 Å². The van der Waals surface area contributed by atoms with E-state index in [1.807, 2.05) is 0 Å². The van der Waals surface area contributed by atoms with E-state index in [1.54, 1.807) is 13.8 Å². The molecule has 19 nitrogen and oxygen atoms in total. The number of carboxylic acid groups (broad SMARTS) is 6. The fourth-order valence-electron chi connectivity index (χ4n) is 2.59. The molecule has 11 N–H and O–H groups in total. The standard InChI is InChI=1S/C8H6O7S.2C8H6O4.C5H12O2.C2H6O2.Na/c9-7(10)4-1-5(8(11)12)3-6(2-4)16(13,14)15;9-7(10)5-1-2-6(4-3-5)8(11)12;9-7(10)5-2-1-3-6(4-5)8(11)12;1-5(2,3-6)4-7;3-1-2-4;/h1-3H,(H,9,10)(H,11,12)(H,13,14,15);2*1-4H,(H,9,10)(H,11,12);6-7H,3-4H2,1-2H3;3-4H,1-2H2;. The Morgan fingerprint density at radius 3 is 0.962 bits per heavy atom. The predicted molar refractivity (Wildman–Crippen MR) is 179 cm³/mol. The van der Waals surface area contributed by atoms with Gasteiger partial charge in [-0.2, -0.15) is 8.42 Å². The minimum atomic E-state index is -4.64. The van der Waals surface area contributed by atoms with Crippen LogP contribution in [0.3, 0.4) is 0 Å². The van der Waals surface area contributed by atoms with Crippen LogP contribution in [0, 0.1) is 5.41 Å². The average molecular weight is 768 g/mol. The van der Waals surface area contributed by atoms with E-state index in [1.165, 1.54) is 42.5 Å². The van der Waals surface area contributed by atoms with Gasteiger partial charge >= 0.3 is 35.8 Å². The molecule has 0 spiro atoms. The van der Waals surface area contributed by atoms with Gasteiger partial charge in [0.1, 0.15) is 0 Å². The molecule has 0 bridgehead atoms. The van der Waals surface area contributed by atoms with Gasteiger partial charge in [-0.3, -0.25) is 4.55 Å². The topological polar surface area (TPSA) is 359 Å². The van der Waals surface area contributed by atoms with E-state index in [2.05, 4.69) is 0 Å². The number of aliphatic hydroxyl groups is 4. The Labute approximate surface area is 317 Å². The van der Waals surface area contributed by atoms with E-state index in [-0.39, 0.29) is 83.7 Å². The molecule has 3 aromatic rings. The number of hydrogen-bond acceptors (Lipinski definition) is 12. The van der Waals surface area contributed by atoms with E-state index in [9.17, 15) is 37.2 Å². The summed E-state index contributed by atoms with van der Waals surface area (Å²) in [5, 5.41) is 83.3. The van der Waals surface area contributed by atoms with E-state index >= 15 is 0 Å². The molecule has 0 aliphatic rings. The van der Waals surface area contributed by atoms with Crippen LogP contribution in [-0.4, -0.2) is 156 Å². The molecule has 0 heterocycles. The monoisotopic (exact) mass is 767 g/mol. The van der Waals surface area contributed by atoms with Crippen LogP contribution in [0.1, 0.15) is 76.0 Å². The van der Waals surface area contributed by atoms with Crippen molar-refractivity contribution in [1.82, 2.24) is 0 Å². The SMILES string of the molecule is CC(C)(CO)CO.O=C(O)c1cc(C(=O)O)cc(S(=O)(=O)O)c1.O=C(O)c1ccc(C(=O)O)cc1.O=C(O)c1cccc(C(=O)O)c1.OCCO.[Na]. The van der Waals surface area contributed by atoms with Gasteiger partial charge in [-0.05, 0) is 60.7 Å². The fraction of sp³-hybridized carbons (Fsp3) is 0.226. The molecule has 52 heavy (non-hydrogen) atoms. The molecule has 0 fully saturated rings. The van der Waals surface area contributed by atoms with Crippen LogP contribution in [-0.2, 0) is 10.1 Å². The largest absolute Gasteiger partial charge is 0.478 e. The second-order valence-electron chi connectivity index (χ2n) is 10.1. The number of hydrogen-bond donors (Lipinski definition) is 11. The first-order valence-corrected chi connectivity index (χ1v) is 15.1. The van der Waals surface area contributed by atoms with Gasteiger partial charge < -0.3 is 51.1 Å². The van der Waals surface area contributed by atoms with Crippen molar-refractivity contribution in [3.8, 4) is 0 Å². The fourth-order valence-corrected chi connectivity index (χ4v) is 3.14. The normalized spacial score (nSPS) is 9.90. The number of carboxylic acids is 6. The molecule has 3 aromatic carbocycles. The Morgan fingerprint density at radius 1 is 0.500 bits per heavy atom. The van der Waals surface area contributed by atoms with Crippen LogP contribution in [0.15, 0.2) is 71.6 Å². The Balaban J connectivity index is -0.000000608.